The predicted molar refractivity (Wildman–Crippen MR) is 94.0 cm³/mol. The van der Waals surface area contributed by atoms with E-state index in [-0.39, 0.29) is 0 Å². The average Bonchev–Trinajstić information content (AvgIpc) is 2.67. The Morgan fingerprint density at radius 1 is 0.875 bits per heavy atom. The Morgan fingerprint density at radius 2 is 1.50 bits per heavy atom. The zero-order valence-corrected chi connectivity index (χ0v) is 13.2. The van der Waals surface area contributed by atoms with Gasteiger partial charge in [0, 0.05) is 5.56 Å². The van der Waals surface area contributed by atoms with Gasteiger partial charge in [0.25, 0.3) is 0 Å². The minimum Gasteiger partial charge on any atom is -0.497 e. The van der Waals surface area contributed by atoms with Crippen molar-refractivity contribution in [2.45, 2.75) is 0 Å². The van der Waals surface area contributed by atoms with Crippen molar-refractivity contribution in [1.29, 1.82) is 5.26 Å². The number of rotatable bonds is 4. The quantitative estimate of drug-likeness (QED) is 0.655. The van der Waals surface area contributed by atoms with E-state index in [2.05, 4.69) is 6.07 Å². The van der Waals surface area contributed by atoms with Gasteiger partial charge in [-0.05, 0) is 46.5 Å². The van der Waals surface area contributed by atoms with Gasteiger partial charge in [0.05, 0.1) is 18.7 Å². The van der Waals surface area contributed by atoms with Crippen molar-refractivity contribution in [3.63, 3.8) is 0 Å². The molecular weight excluding hydrogens is 298 g/mol. The van der Waals surface area contributed by atoms with E-state index in [0.717, 1.165) is 34.3 Å². The van der Waals surface area contributed by atoms with Gasteiger partial charge in [-0.1, -0.05) is 42.5 Å². The molecule has 0 fully saturated rings. The third-order valence-electron chi connectivity index (χ3n) is 3.91. The number of hydrogen-bond donors (Lipinski definition) is 0. The van der Waals surface area contributed by atoms with Gasteiger partial charge in [0.1, 0.15) is 12.0 Å². The van der Waals surface area contributed by atoms with Gasteiger partial charge in [-0.2, -0.15) is 5.26 Å². The lowest BCUT2D eigenvalue weighted by molar-refractivity contribution is 0.112. The summed E-state index contributed by atoms with van der Waals surface area (Å²) < 4.78 is 5.20. The Labute approximate surface area is 140 Å². The topological polar surface area (TPSA) is 50.1 Å². The van der Waals surface area contributed by atoms with E-state index in [1.807, 2.05) is 48.5 Å². The molecule has 0 aromatic heterocycles. The van der Waals surface area contributed by atoms with Crippen LogP contribution in [-0.4, -0.2) is 13.4 Å². The molecule has 0 bridgehead atoms. The molecule has 0 heterocycles. The molecule has 3 rings (SSSR count). The van der Waals surface area contributed by atoms with Crippen LogP contribution in [0.2, 0.25) is 0 Å². The van der Waals surface area contributed by atoms with E-state index in [1.165, 1.54) is 0 Å². The van der Waals surface area contributed by atoms with Gasteiger partial charge in [-0.25, -0.2) is 0 Å². The lowest BCUT2D eigenvalue weighted by Gasteiger charge is -2.12. The van der Waals surface area contributed by atoms with Crippen molar-refractivity contribution >= 4 is 6.29 Å². The third kappa shape index (κ3) is 3.04. The van der Waals surface area contributed by atoms with Gasteiger partial charge in [0.15, 0.2) is 0 Å². The fourth-order valence-electron chi connectivity index (χ4n) is 2.62. The molecule has 0 atom stereocenters. The Hall–Kier alpha value is -3.38. The summed E-state index contributed by atoms with van der Waals surface area (Å²) in [6.45, 7) is 0. The highest BCUT2D eigenvalue weighted by atomic mass is 16.5. The molecule has 0 aliphatic heterocycles. The molecule has 0 unspecified atom stereocenters. The van der Waals surface area contributed by atoms with Crippen LogP contribution in [0.15, 0.2) is 66.7 Å². The standard InChI is InChI=1S/C21H15NO2/c1-24-19-9-7-18(8-10-19)21-12-16(13-22)4-11-20(21)17-5-2-15(14-23)3-6-17/h2-12,14H,1H3. The molecule has 0 saturated carbocycles. The zero-order chi connectivity index (χ0) is 16.9. The van der Waals surface area contributed by atoms with Crippen LogP contribution < -0.4 is 4.74 Å². The first-order valence-electron chi connectivity index (χ1n) is 7.49. The number of benzene rings is 3. The molecule has 0 aliphatic carbocycles. The molecule has 3 aromatic rings. The van der Waals surface area contributed by atoms with Crippen molar-refractivity contribution in [1.82, 2.24) is 0 Å². The van der Waals surface area contributed by atoms with Crippen LogP contribution in [0.5, 0.6) is 5.75 Å². The molecule has 0 spiro atoms. The summed E-state index contributed by atoms with van der Waals surface area (Å²) in [5.41, 5.74) is 5.22. The second kappa shape index (κ2) is 6.80. The van der Waals surface area contributed by atoms with Crippen molar-refractivity contribution < 1.29 is 9.53 Å². The summed E-state index contributed by atoms with van der Waals surface area (Å²) >= 11 is 0. The lowest BCUT2D eigenvalue weighted by Crippen LogP contribution is -1.89. The van der Waals surface area contributed by atoms with E-state index in [9.17, 15) is 10.1 Å². The maximum atomic E-state index is 10.8. The summed E-state index contributed by atoms with van der Waals surface area (Å²) in [6, 6.07) is 22.9. The van der Waals surface area contributed by atoms with E-state index in [0.29, 0.717) is 11.1 Å². The van der Waals surface area contributed by atoms with Crippen LogP contribution in [0.3, 0.4) is 0 Å². The fraction of sp³-hybridized carbons (Fsp3) is 0.0476. The normalized spacial score (nSPS) is 10.0. The van der Waals surface area contributed by atoms with Gasteiger partial charge >= 0.3 is 0 Å². The Kier molecular flexibility index (Phi) is 4.40. The highest BCUT2D eigenvalue weighted by molar-refractivity contribution is 5.85. The van der Waals surface area contributed by atoms with E-state index in [4.69, 9.17) is 4.74 Å². The molecule has 0 saturated heterocycles. The summed E-state index contributed by atoms with van der Waals surface area (Å²) in [4.78, 5) is 10.8. The van der Waals surface area contributed by atoms with Crippen LogP contribution in [0, 0.1) is 11.3 Å². The van der Waals surface area contributed by atoms with Gasteiger partial charge in [0.2, 0.25) is 0 Å². The highest BCUT2D eigenvalue weighted by Crippen LogP contribution is 2.33. The molecule has 0 radical (unpaired) electrons. The smallest absolute Gasteiger partial charge is 0.150 e. The highest BCUT2D eigenvalue weighted by Gasteiger charge is 2.09. The SMILES string of the molecule is COc1ccc(-c2cc(C#N)ccc2-c2ccc(C=O)cc2)cc1. The minimum absolute atomic E-state index is 0.606. The molecule has 0 N–H and O–H groups in total. The Bertz CT molecular complexity index is 904. The molecule has 3 nitrogen and oxygen atoms in total. The summed E-state index contributed by atoms with van der Waals surface area (Å²) in [7, 11) is 1.63. The molecule has 0 amide bonds. The summed E-state index contributed by atoms with van der Waals surface area (Å²) in [5, 5.41) is 9.21. The number of ether oxygens (including phenoxy) is 1. The number of methoxy groups -OCH3 is 1. The number of nitriles is 1. The maximum absolute atomic E-state index is 10.8. The van der Waals surface area contributed by atoms with Crippen molar-refractivity contribution in [2.24, 2.45) is 0 Å². The molecule has 24 heavy (non-hydrogen) atoms. The van der Waals surface area contributed by atoms with E-state index in [1.54, 1.807) is 25.3 Å². The van der Waals surface area contributed by atoms with Crippen molar-refractivity contribution in [2.75, 3.05) is 7.11 Å². The lowest BCUT2D eigenvalue weighted by atomic mass is 9.92. The molecule has 3 heteroatoms. The second-order valence-corrected chi connectivity index (χ2v) is 5.34. The molecule has 0 aliphatic rings. The van der Waals surface area contributed by atoms with Gasteiger partial charge < -0.3 is 4.74 Å². The monoisotopic (exact) mass is 313 g/mol. The van der Waals surface area contributed by atoms with Crippen LogP contribution >= 0.6 is 0 Å². The first-order chi connectivity index (χ1) is 11.7. The number of carbonyl (C=O) groups is 1. The number of hydrogen-bond acceptors (Lipinski definition) is 3. The molecule has 3 aromatic carbocycles. The Morgan fingerprint density at radius 3 is 2.08 bits per heavy atom. The third-order valence-corrected chi connectivity index (χ3v) is 3.91. The largest absolute Gasteiger partial charge is 0.497 e. The van der Waals surface area contributed by atoms with Crippen LogP contribution in [0.1, 0.15) is 15.9 Å². The first kappa shape index (κ1) is 15.5. The zero-order valence-electron chi connectivity index (χ0n) is 13.2. The second-order valence-electron chi connectivity index (χ2n) is 5.34. The van der Waals surface area contributed by atoms with Gasteiger partial charge in [-0.3, -0.25) is 4.79 Å². The average molecular weight is 313 g/mol. The van der Waals surface area contributed by atoms with Crippen molar-refractivity contribution in [3.05, 3.63) is 77.9 Å². The fourth-order valence-corrected chi connectivity index (χ4v) is 2.62. The van der Waals surface area contributed by atoms with E-state index < -0.39 is 0 Å². The number of nitrogens with zero attached hydrogens (tertiary/aromatic N) is 1. The van der Waals surface area contributed by atoms with Crippen LogP contribution in [0.25, 0.3) is 22.3 Å². The predicted octanol–water partition coefficient (Wildman–Crippen LogP) is 4.71. The summed E-state index contributed by atoms with van der Waals surface area (Å²) in [5.74, 6) is 0.784. The maximum Gasteiger partial charge on any atom is 0.150 e. The van der Waals surface area contributed by atoms with Crippen molar-refractivity contribution in [3.8, 4) is 34.1 Å². The molecule has 116 valence electrons. The summed E-state index contributed by atoms with van der Waals surface area (Å²) in [6.07, 6.45) is 0.826. The molecular formula is C21H15NO2. The number of carbonyl (C=O) groups excluding carboxylic acids is 1. The van der Waals surface area contributed by atoms with Crippen LogP contribution in [-0.2, 0) is 0 Å². The minimum atomic E-state index is 0.606. The first-order valence-corrected chi connectivity index (χ1v) is 7.49. The number of aldehydes is 1. The Balaban J connectivity index is 2.14. The van der Waals surface area contributed by atoms with Gasteiger partial charge in [-0.15, -0.1) is 0 Å². The van der Waals surface area contributed by atoms with Crippen LogP contribution in [0.4, 0.5) is 0 Å². The van der Waals surface area contributed by atoms with E-state index >= 15 is 0 Å².